The molecule has 2 aromatic rings. The average Bonchev–Trinajstić information content (AvgIpc) is 2.78. The number of benzene rings is 1. The Morgan fingerprint density at radius 2 is 1.89 bits per heavy atom. The van der Waals surface area contributed by atoms with Crippen LogP contribution in [0.25, 0.3) is 0 Å². The monoisotopic (exact) mass is 497 g/mol. The van der Waals surface area contributed by atoms with Crippen LogP contribution in [0.15, 0.2) is 24.3 Å². The zero-order valence-corrected chi connectivity index (χ0v) is 19.2. The number of aromatic nitrogens is 2. The van der Waals surface area contributed by atoms with Gasteiger partial charge in [0.05, 0.1) is 4.92 Å². The third kappa shape index (κ3) is 7.92. The molecule has 0 radical (unpaired) electrons. The maximum Gasteiger partial charge on any atom is 0.573 e. The highest BCUT2D eigenvalue weighted by molar-refractivity contribution is 5.58. The number of alkyl halides is 3. The van der Waals surface area contributed by atoms with Crippen molar-refractivity contribution in [2.75, 3.05) is 24.1 Å². The van der Waals surface area contributed by atoms with Gasteiger partial charge in [-0.2, -0.15) is 4.98 Å². The molecule has 0 amide bonds. The van der Waals surface area contributed by atoms with Crippen molar-refractivity contribution in [2.24, 2.45) is 11.7 Å². The first-order chi connectivity index (χ1) is 16.7. The molecule has 0 unspecified atom stereocenters. The number of rotatable bonds is 11. The molecule has 3 rings (SSSR count). The molecule has 0 atom stereocenters. The van der Waals surface area contributed by atoms with E-state index in [1.54, 1.807) is 6.07 Å². The van der Waals surface area contributed by atoms with Gasteiger partial charge in [0.2, 0.25) is 11.8 Å². The highest BCUT2D eigenvalue weighted by Crippen LogP contribution is 2.33. The first kappa shape index (κ1) is 26.4. The van der Waals surface area contributed by atoms with Gasteiger partial charge in [0.1, 0.15) is 11.4 Å². The quantitative estimate of drug-likeness (QED) is 0.207. The predicted molar refractivity (Wildman–Crippen MR) is 125 cm³/mol. The summed E-state index contributed by atoms with van der Waals surface area (Å²) >= 11 is 0. The molecule has 0 spiro atoms. The molecule has 1 aliphatic carbocycles. The van der Waals surface area contributed by atoms with Crippen molar-refractivity contribution in [3.63, 3.8) is 0 Å². The van der Waals surface area contributed by atoms with Gasteiger partial charge < -0.3 is 26.8 Å². The van der Waals surface area contributed by atoms with Crippen molar-refractivity contribution in [1.82, 2.24) is 15.3 Å². The van der Waals surface area contributed by atoms with Gasteiger partial charge in [0.15, 0.2) is 0 Å². The van der Waals surface area contributed by atoms with Gasteiger partial charge in [-0.05, 0) is 63.6 Å². The van der Waals surface area contributed by atoms with Crippen molar-refractivity contribution >= 4 is 17.5 Å². The molecule has 1 aromatic heterocycles. The summed E-state index contributed by atoms with van der Waals surface area (Å²) in [6.07, 6.45) is 0.0976. The number of nitro groups is 1. The van der Waals surface area contributed by atoms with E-state index in [-0.39, 0.29) is 46.9 Å². The molecule has 35 heavy (non-hydrogen) atoms. The lowest BCUT2D eigenvalue weighted by atomic mass is 9.83. The molecule has 0 bridgehead atoms. The highest BCUT2D eigenvalue weighted by atomic mass is 19.4. The summed E-state index contributed by atoms with van der Waals surface area (Å²) in [5, 5.41) is 17.9. The Hall–Kier alpha value is -3.19. The van der Waals surface area contributed by atoms with Crippen LogP contribution in [-0.2, 0) is 13.0 Å². The standard InChI is InChI=1S/C22H30F3N7O3/c23-22(24,25)35-18-5-2-1-4-15(18)13-29-21-30-17(19(32(33)34)20(27)31-21)12-14-6-8-16(9-7-14)28-11-3-10-26/h1-2,4-5,14,16,28H,3,6-13,26H2,(H3,27,29,30,31)/t14-,16-. The zero-order valence-electron chi connectivity index (χ0n) is 19.2. The first-order valence-electron chi connectivity index (χ1n) is 11.5. The van der Waals surface area contributed by atoms with Crippen LogP contribution in [-0.4, -0.2) is 40.4 Å². The molecule has 6 N–H and O–H groups in total. The van der Waals surface area contributed by atoms with E-state index >= 15 is 0 Å². The zero-order chi connectivity index (χ0) is 25.4. The van der Waals surface area contributed by atoms with Crippen molar-refractivity contribution in [3.8, 4) is 5.75 Å². The minimum Gasteiger partial charge on any atom is -0.405 e. The van der Waals surface area contributed by atoms with E-state index in [0.717, 1.165) is 38.6 Å². The topological polar surface area (TPSA) is 154 Å². The summed E-state index contributed by atoms with van der Waals surface area (Å²) in [6.45, 7) is 1.41. The molecule has 1 fully saturated rings. The summed E-state index contributed by atoms with van der Waals surface area (Å²) in [5.74, 6) is -0.453. The largest absolute Gasteiger partial charge is 0.573 e. The Kier molecular flexibility index (Phi) is 9.04. The van der Waals surface area contributed by atoms with Crippen molar-refractivity contribution in [2.45, 2.75) is 57.5 Å². The fourth-order valence-electron chi connectivity index (χ4n) is 4.24. The number of nitrogens with two attached hydrogens (primary N) is 2. The summed E-state index contributed by atoms with van der Waals surface area (Å²) in [5.41, 5.74) is 11.5. The highest BCUT2D eigenvalue weighted by Gasteiger charge is 2.32. The minimum absolute atomic E-state index is 0.00190. The maximum absolute atomic E-state index is 12.7. The fourth-order valence-corrected chi connectivity index (χ4v) is 4.24. The van der Waals surface area contributed by atoms with E-state index in [0.29, 0.717) is 19.0 Å². The van der Waals surface area contributed by atoms with E-state index in [1.165, 1.54) is 18.2 Å². The van der Waals surface area contributed by atoms with Crippen LogP contribution in [0.5, 0.6) is 5.75 Å². The van der Waals surface area contributed by atoms with Gasteiger partial charge >= 0.3 is 12.0 Å². The number of ether oxygens (including phenoxy) is 1. The molecule has 1 heterocycles. The Labute approximate surface area is 200 Å². The third-order valence-corrected chi connectivity index (χ3v) is 5.94. The fraction of sp³-hybridized carbons (Fsp3) is 0.545. The Balaban J connectivity index is 1.70. The number of nitrogens with one attached hydrogen (secondary N) is 2. The number of anilines is 2. The summed E-state index contributed by atoms with van der Waals surface area (Å²) in [4.78, 5) is 19.3. The molecule has 0 aliphatic heterocycles. The summed E-state index contributed by atoms with van der Waals surface area (Å²) in [6, 6.07) is 6.05. The molecular weight excluding hydrogens is 467 g/mol. The van der Waals surface area contributed by atoms with Crippen LogP contribution in [0.1, 0.15) is 43.4 Å². The summed E-state index contributed by atoms with van der Waals surface area (Å²) in [7, 11) is 0. The number of nitrogens with zero attached hydrogens (tertiary/aromatic N) is 3. The second-order valence-corrected chi connectivity index (χ2v) is 8.51. The number of para-hydroxylation sites is 1. The predicted octanol–water partition coefficient (Wildman–Crippen LogP) is 3.52. The van der Waals surface area contributed by atoms with Gasteiger partial charge in [0.25, 0.3) is 0 Å². The Morgan fingerprint density at radius 3 is 2.54 bits per heavy atom. The number of hydrogen-bond acceptors (Lipinski definition) is 9. The lowest BCUT2D eigenvalue weighted by Crippen LogP contribution is -2.35. The van der Waals surface area contributed by atoms with Gasteiger partial charge in [-0.1, -0.05) is 18.2 Å². The lowest BCUT2D eigenvalue weighted by Gasteiger charge is -2.29. The van der Waals surface area contributed by atoms with Crippen LogP contribution in [0.2, 0.25) is 0 Å². The van der Waals surface area contributed by atoms with Crippen LogP contribution < -0.4 is 26.8 Å². The number of nitrogen functional groups attached to an aromatic ring is 1. The van der Waals surface area contributed by atoms with E-state index < -0.39 is 11.3 Å². The second-order valence-electron chi connectivity index (χ2n) is 8.51. The maximum atomic E-state index is 12.7. The molecule has 1 aliphatic rings. The normalized spacial score (nSPS) is 18.3. The van der Waals surface area contributed by atoms with Crippen LogP contribution >= 0.6 is 0 Å². The third-order valence-electron chi connectivity index (χ3n) is 5.94. The van der Waals surface area contributed by atoms with E-state index in [1.807, 2.05) is 0 Å². The van der Waals surface area contributed by atoms with Crippen molar-refractivity contribution < 1.29 is 22.8 Å². The Morgan fingerprint density at radius 1 is 1.17 bits per heavy atom. The summed E-state index contributed by atoms with van der Waals surface area (Å²) < 4.78 is 42.1. The number of halogens is 3. The second kappa shape index (κ2) is 12.0. The molecule has 1 saturated carbocycles. The van der Waals surface area contributed by atoms with E-state index in [2.05, 4.69) is 25.3 Å². The molecule has 192 valence electrons. The van der Waals surface area contributed by atoms with E-state index in [9.17, 15) is 23.3 Å². The Bertz CT molecular complexity index is 999. The minimum atomic E-state index is -4.84. The van der Waals surface area contributed by atoms with Gasteiger partial charge in [-0.15, -0.1) is 13.2 Å². The first-order valence-corrected chi connectivity index (χ1v) is 11.5. The smallest absolute Gasteiger partial charge is 0.405 e. The van der Waals surface area contributed by atoms with Crippen LogP contribution in [0.3, 0.4) is 0 Å². The molecule has 10 nitrogen and oxygen atoms in total. The molecular formula is C22H30F3N7O3. The van der Waals surface area contributed by atoms with Gasteiger partial charge in [-0.25, -0.2) is 4.98 Å². The lowest BCUT2D eigenvalue weighted by molar-refractivity contribution is -0.385. The molecule has 1 aromatic carbocycles. The van der Waals surface area contributed by atoms with Crippen molar-refractivity contribution in [3.05, 3.63) is 45.6 Å². The van der Waals surface area contributed by atoms with Gasteiger partial charge in [0, 0.05) is 18.2 Å². The van der Waals surface area contributed by atoms with Crippen LogP contribution in [0.4, 0.5) is 30.6 Å². The average molecular weight is 498 g/mol. The van der Waals surface area contributed by atoms with E-state index in [4.69, 9.17) is 11.5 Å². The van der Waals surface area contributed by atoms with Crippen LogP contribution in [0, 0.1) is 16.0 Å². The SMILES string of the molecule is NCCCN[C@H]1CC[C@H](Cc2nc(NCc3ccccc3OC(F)(F)F)nc(N)c2[N+](=O)[O-])CC1. The number of hydrogen-bond donors (Lipinski definition) is 4. The molecule has 0 saturated heterocycles. The van der Waals surface area contributed by atoms with Crippen molar-refractivity contribution in [1.29, 1.82) is 0 Å². The van der Waals surface area contributed by atoms with Gasteiger partial charge in [-0.3, -0.25) is 10.1 Å². The molecule has 13 heteroatoms.